The minimum absolute atomic E-state index is 0.117. The van der Waals surface area contributed by atoms with E-state index in [9.17, 15) is 38.0 Å². The number of aliphatic hydroxyl groups is 4. The van der Waals surface area contributed by atoms with Crippen LogP contribution in [-0.4, -0.2) is 183 Å². The van der Waals surface area contributed by atoms with Crippen LogP contribution in [0, 0.1) is 17.8 Å². The second-order valence-electron chi connectivity index (χ2n) is 18.4. The van der Waals surface area contributed by atoms with Gasteiger partial charge in [0.05, 0.1) is 47.3 Å². The summed E-state index contributed by atoms with van der Waals surface area (Å²) in [5.74, 6) is -2.34. The van der Waals surface area contributed by atoms with E-state index in [0.717, 1.165) is 6.26 Å². The van der Waals surface area contributed by atoms with Gasteiger partial charge >= 0.3 is 5.97 Å². The van der Waals surface area contributed by atoms with Gasteiger partial charge in [-0.05, 0) is 86.0 Å². The molecule has 0 saturated carbocycles. The van der Waals surface area contributed by atoms with Gasteiger partial charge in [0.25, 0.3) is 0 Å². The first-order valence-electron chi connectivity index (χ1n) is 21.6. The summed E-state index contributed by atoms with van der Waals surface area (Å²) in [4.78, 5) is 17.7. The summed E-state index contributed by atoms with van der Waals surface area (Å²) in [6, 6.07) is 1.10. The molecule has 4 rings (SSSR count). The number of hydrogen-bond donors (Lipinski definition) is 4. The summed E-state index contributed by atoms with van der Waals surface area (Å²) in [6.45, 7) is 14.1. The third kappa shape index (κ3) is 12.5. The van der Waals surface area contributed by atoms with Crippen molar-refractivity contribution in [3.05, 3.63) is 29.7 Å². The van der Waals surface area contributed by atoms with Crippen molar-refractivity contribution in [2.24, 2.45) is 17.8 Å². The molecule has 15 atom stereocenters. The minimum Gasteiger partial charge on any atom is -0.459 e. The summed E-state index contributed by atoms with van der Waals surface area (Å²) in [5, 5.41) is 63.2. The van der Waals surface area contributed by atoms with Crippen LogP contribution in [0.1, 0.15) is 92.1 Å². The van der Waals surface area contributed by atoms with E-state index in [1.807, 2.05) is 44.7 Å². The van der Waals surface area contributed by atoms with Gasteiger partial charge in [-0.1, -0.05) is 26.0 Å². The zero-order chi connectivity index (χ0) is 46.5. The zero-order valence-corrected chi connectivity index (χ0v) is 39.3. The maximum atomic E-state index is 14.2. The van der Waals surface area contributed by atoms with Gasteiger partial charge in [0.2, 0.25) is 0 Å². The number of halogens is 1. The standard InChI is InChI=1S/C42H72FN7O11S/c1-13-33-42(8,55)37(52)28(6)49(10)22-24(2)20-41(7,54)38(26(4)36(58-11)27(5)39(53)60-33)61-40-35(51)32(18-25(3)59-40)48(9)17-16-30-23-50(47-45-30)31(21-43)19-29-14-15-34(46-44-29)62(12,56)57/h14-15,23-28,31-33,35-38,40,51-52,54-55H,13,16-22H2,1-12H3/t24-,25-,26+,27-,28-,31+,32+,33-,35-,36+,37-,38-,40+,41-,42-/m1/s1. The molecule has 0 bridgehead atoms. The largest absolute Gasteiger partial charge is 0.459 e. The molecule has 0 spiro atoms. The number of carbonyl (C=O) groups is 1. The lowest BCUT2D eigenvalue weighted by Crippen LogP contribution is -2.59. The van der Waals surface area contributed by atoms with Gasteiger partial charge in [-0.15, -0.1) is 10.2 Å². The van der Waals surface area contributed by atoms with Gasteiger partial charge in [-0.25, -0.2) is 17.5 Å². The van der Waals surface area contributed by atoms with Crippen LogP contribution >= 0.6 is 0 Å². The van der Waals surface area contributed by atoms with Crippen molar-refractivity contribution in [3.8, 4) is 0 Å². The van der Waals surface area contributed by atoms with Crippen molar-refractivity contribution >= 4 is 15.8 Å². The Morgan fingerprint density at radius 2 is 1.76 bits per heavy atom. The Balaban J connectivity index is 1.53. The van der Waals surface area contributed by atoms with Crippen LogP contribution in [0.3, 0.4) is 0 Å². The molecule has 0 amide bonds. The number of cyclic esters (lactones) is 1. The Labute approximate surface area is 366 Å². The van der Waals surface area contributed by atoms with E-state index in [2.05, 4.69) is 20.5 Å². The molecule has 20 heteroatoms. The second kappa shape index (κ2) is 21.5. The van der Waals surface area contributed by atoms with Crippen LogP contribution in [0.15, 0.2) is 23.4 Å². The molecule has 2 fully saturated rings. The van der Waals surface area contributed by atoms with E-state index in [-0.39, 0.29) is 36.3 Å². The summed E-state index contributed by atoms with van der Waals surface area (Å²) in [6.07, 6.45) is -2.71. The Bertz CT molecular complexity index is 1840. The number of alkyl halides is 1. The van der Waals surface area contributed by atoms with Gasteiger partial charge < -0.3 is 49.2 Å². The number of hydrogen-bond acceptors (Lipinski definition) is 17. The highest BCUT2D eigenvalue weighted by Gasteiger charge is 2.50. The fraction of sp³-hybridized carbons (Fsp3) is 0.833. The number of esters is 1. The number of ether oxygens (including phenoxy) is 4. The molecular formula is C42H72FN7O11S. The predicted molar refractivity (Wildman–Crippen MR) is 226 cm³/mol. The molecule has 354 valence electrons. The monoisotopic (exact) mass is 901 g/mol. The van der Waals surface area contributed by atoms with Crippen molar-refractivity contribution in [2.45, 2.75) is 165 Å². The number of aromatic nitrogens is 5. The van der Waals surface area contributed by atoms with E-state index >= 15 is 0 Å². The lowest BCUT2D eigenvalue weighted by molar-refractivity contribution is -0.300. The third-order valence-electron chi connectivity index (χ3n) is 12.9. The molecule has 62 heavy (non-hydrogen) atoms. The first-order valence-corrected chi connectivity index (χ1v) is 23.5. The average molecular weight is 902 g/mol. The van der Waals surface area contributed by atoms with E-state index in [1.54, 1.807) is 33.9 Å². The SMILES string of the molecule is CC[C@H]1OC(=O)[C@H](C)[C@@H](OC)[C@H](C)[C@@H](O[C@@H]2O[C@H](C)C[C@H](N(C)CCc3cn([C@H](CF)Cc4ccc(S(C)(=O)=O)nn4)nn3)[C@H]2O)[C@](C)(O)C[C@@H](C)CN(C)[C@H](C)[C@@H](O)[C@]1(C)O. The molecule has 0 aromatic carbocycles. The van der Waals surface area contributed by atoms with Gasteiger partial charge in [0.1, 0.15) is 30.6 Å². The van der Waals surface area contributed by atoms with E-state index in [1.165, 1.54) is 30.8 Å². The summed E-state index contributed by atoms with van der Waals surface area (Å²) in [7, 11) is 1.63. The normalized spacial score (nSPS) is 36.8. The molecule has 2 aromatic heterocycles. The number of aliphatic hydroxyl groups excluding tert-OH is 2. The van der Waals surface area contributed by atoms with Gasteiger partial charge in [0, 0.05) is 63.5 Å². The molecular weight excluding hydrogens is 830 g/mol. The van der Waals surface area contributed by atoms with Crippen LogP contribution in [0.4, 0.5) is 4.39 Å². The molecule has 4 heterocycles. The smallest absolute Gasteiger partial charge is 0.311 e. The number of nitrogens with zero attached hydrogens (tertiary/aromatic N) is 7. The number of rotatable bonds is 13. The lowest BCUT2D eigenvalue weighted by Gasteiger charge is -2.47. The first-order chi connectivity index (χ1) is 28.9. The second-order valence-corrected chi connectivity index (χ2v) is 20.4. The Hall–Kier alpha value is -2.79. The molecule has 4 N–H and O–H groups in total. The topological polar surface area (TPSA) is 232 Å². The van der Waals surface area contributed by atoms with Crippen LogP contribution in [0.5, 0.6) is 0 Å². The molecule has 2 saturated heterocycles. The molecule has 2 aromatic rings. The van der Waals surface area contributed by atoms with Crippen molar-refractivity contribution in [1.29, 1.82) is 0 Å². The molecule has 2 aliphatic rings. The average Bonchev–Trinajstić information content (AvgIpc) is 3.68. The third-order valence-corrected chi connectivity index (χ3v) is 13.9. The van der Waals surface area contributed by atoms with Gasteiger partial charge in [-0.2, -0.15) is 5.10 Å². The Morgan fingerprint density at radius 3 is 2.34 bits per heavy atom. The van der Waals surface area contributed by atoms with Crippen LogP contribution < -0.4 is 0 Å². The molecule has 18 nitrogen and oxygen atoms in total. The van der Waals surface area contributed by atoms with E-state index in [4.69, 9.17) is 18.9 Å². The van der Waals surface area contributed by atoms with Crippen molar-refractivity contribution in [2.75, 3.05) is 47.2 Å². The van der Waals surface area contributed by atoms with Crippen LogP contribution in [-0.2, 0) is 46.4 Å². The zero-order valence-electron chi connectivity index (χ0n) is 38.5. The van der Waals surface area contributed by atoms with Crippen molar-refractivity contribution in [1.82, 2.24) is 35.0 Å². The summed E-state index contributed by atoms with van der Waals surface area (Å²) < 4.78 is 64.0. The van der Waals surface area contributed by atoms with Gasteiger partial charge in [0.15, 0.2) is 21.2 Å². The highest BCUT2D eigenvalue weighted by atomic mass is 32.2. The van der Waals surface area contributed by atoms with Crippen molar-refractivity contribution < 1.29 is 57.0 Å². The quantitative estimate of drug-likeness (QED) is 0.210. The van der Waals surface area contributed by atoms with Crippen molar-refractivity contribution in [3.63, 3.8) is 0 Å². The fourth-order valence-electron chi connectivity index (χ4n) is 9.25. The van der Waals surface area contributed by atoms with E-state index < -0.39 is 100 Å². The number of likely N-dealkylation sites (N-methyl/N-ethyl adjacent to an activating group) is 2. The molecule has 0 unspecified atom stereocenters. The first kappa shape index (κ1) is 51.8. The highest BCUT2D eigenvalue weighted by Crippen LogP contribution is 2.37. The number of carbonyl (C=O) groups excluding carboxylic acids is 1. The number of methoxy groups -OCH3 is 1. The molecule has 0 radical (unpaired) electrons. The predicted octanol–water partition coefficient (Wildman–Crippen LogP) is 1.78. The Morgan fingerprint density at radius 1 is 1.08 bits per heavy atom. The fourth-order valence-corrected chi connectivity index (χ4v) is 9.75. The number of sulfone groups is 1. The highest BCUT2D eigenvalue weighted by molar-refractivity contribution is 7.90. The summed E-state index contributed by atoms with van der Waals surface area (Å²) >= 11 is 0. The van der Waals surface area contributed by atoms with Gasteiger partial charge in [-0.3, -0.25) is 4.79 Å². The summed E-state index contributed by atoms with van der Waals surface area (Å²) in [5.41, 5.74) is -2.32. The maximum Gasteiger partial charge on any atom is 0.311 e. The lowest BCUT2D eigenvalue weighted by atomic mass is 9.78. The molecule has 0 aliphatic carbocycles. The van der Waals surface area contributed by atoms with Crippen LogP contribution in [0.25, 0.3) is 0 Å². The Kier molecular flexibility index (Phi) is 17.9. The van der Waals surface area contributed by atoms with Crippen LogP contribution in [0.2, 0.25) is 0 Å². The molecule has 2 aliphatic heterocycles. The van der Waals surface area contributed by atoms with E-state index in [0.29, 0.717) is 37.3 Å². The minimum atomic E-state index is -3.53. The maximum absolute atomic E-state index is 14.2.